The van der Waals surface area contributed by atoms with E-state index in [9.17, 15) is 4.79 Å². The van der Waals surface area contributed by atoms with E-state index in [1.54, 1.807) is 4.68 Å². The molecule has 2 amide bonds. The van der Waals surface area contributed by atoms with Crippen molar-refractivity contribution in [2.75, 3.05) is 56.2 Å². The minimum atomic E-state index is -0.295. The third-order valence-corrected chi connectivity index (χ3v) is 11.0. The van der Waals surface area contributed by atoms with Crippen molar-refractivity contribution < 1.29 is 28.9 Å². The highest BCUT2D eigenvalue weighted by molar-refractivity contribution is 5.89. The number of nitrogens with one attached hydrogen (secondary N) is 2. The molecule has 2 saturated heterocycles. The molecule has 2 fully saturated rings. The van der Waals surface area contributed by atoms with Gasteiger partial charge in [-0.2, -0.15) is 5.10 Å². The summed E-state index contributed by atoms with van der Waals surface area (Å²) in [4.78, 5) is 26.9. The monoisotopic (exact) mass is 793 g/mol. The average molecular weight is 794 g/mol. The maximum Gasteiger partial charge on any atom is 0.320 e. The number of carbonyl (C=O) groups excluding carboxylic acids is 1. The Hall–Kier alpha value is -5.67. The lowest BCUT2D eigenvalue weighted by Gasteiger charge is -2.33. The highest BCUT2D eigenvalue weighted by Crippen LogP contribution is 2.39. The standard InChI is InChI=1S/C42H53N9O4.CH2O2/c1-29-10-7-8-19-49(29)41-46-45-38-18-15-32(28-50(38)41)55-36-17-16-35(33-13-5-6-14-34(33)36)43-40(52)44-39-27-37(42(2,3)4)47-51(39)30-11-9-12-31(26-30)54-25-22-48-20-23-53-24-21-48;2-1-3/h5-6,9,11-15,18,26-29,35-36H,7-8,10,16-17,19-25H2,1-4H3,(H2,43,44,52);1H,(H,2,3)/t29-,35-,36+;/m0./s1. The Morgan fingerprint density at radius 2 is 1.74 bits per heavy atom. The molecule has 2 aliphatic heterocycles. The summed E-state index contributed by atoms with van der Waals surface area (Å²) in [6.45, 7) is 14.1. The minimum absolute atomic E-state index is 0.164. The van der Waals surface area contributed by atoms with E-state index in [0.29, 0.717) is 18.5 Å². The van der Waals surface area contributed by atoms with Gasteiger partial charge in [-0.25, -0.2) is 9.48 Å². The Labute approximate surface area is 339 Å². The first kappa shape index (κ1) is 40.5. The number of nitrogens with zero attached hydrogens (tertiary/aromatic N) is 7. The van der Waals surface area contributed by atoms with Crippen LogP contribution in [0.1, 0.15) is 88.8 Å². The maximum absolute atomic E-state index is 13.8. The number of morpholine rings is 1. The van der Waals surface area contributed by atoms with Crippen molar-refractivity contribution in [1.82, 2.24) is 34.6 Å². The summed E-state index contributed by atoms with van der Waals surface area (Å²) in [7, 11) is 0. The lowest BCUT2D eigenvalue weighted by atomic mass is 9.85. The van der Waals surface area contributed by atoms with Crippen LogP contribution in [0.3, 0.4) is 0 Å². The zero-order valence-electron chi connectivity index (χ0n) is 33.8. The predicted molar refractivity (Wildman–Crippen MR) is 221 cm³/mol. The second-order valence-corrected chi connectivity index (χ2v) is 16.1. The van der Waals surface area contributed by atoms with Crippen LogP contribution in [0.15, 0.2) is 72.9 Å². The van der Waals surface area contributed by atoms with Gasteiger partial charge >= 0.3 is 6.03 Å². The molecule has 3 aliphatic rings. The van der Waals surface area contributed by atoms with Gasteiger partial charge in [0.05, 0.1) is 36.8 Å². The molecular weight excluding hydrogens is 739 g/mol. The number of hydrogen-bond acceptors (Lipinski definition) is 10. The lowest BCUT2D eigenvalue weighted by molar-refractivity contribution is -0.122. The van der Waals surface area contributed by atoms with E-state index in [2.05, 4.69) is 70.5 Å². The quantitative estimate of drug-likeness (QED) is 0.128. The first-order chi connectivity index (χ1) is 28.1. The fourth-order valence-electron chi connectivity index (χ4n) is 7.87. The van der Waals surface area contributed by atoms with Crippen molar-refractivity contribution in [2.24, 2.45) is 0 Å². The fourth-order valence-corrected chi connectivity index (χ4v) is 7.87. The van der Waals surface area contributed by atoms with Crippen LogP contribution in [-0.2, 0) is 14.9 Å². The van der Waals surface area contributed by atoms with Crippen LogP contribution in [0.5, 0.6) is 11.5 Å². The van der Waals surface area contributed by atoms with Gasteiger partial charge in [-0.15, -0.1) is 10.2 Å². The molecule has 2 aromatic carbocycles. The highest BCUT2D eigenvalue weighted by atomic mass is 16.5. The number of carbonyl (C=O) groups is 2. The van der Waals surface area contributed by atoms with E-state index in [-0.39, 0.29) is 30.1 Å². The Balaban J connectivity index is 0.00000166. The molecule has 0 bridgehead atoms. The molecule has 1 aliphatic carbocycles. The van der Waals surface area contributed by atoms with Gasteiger partial charge in [0.1, 0.15) is 30.0 Å². The highest BCUT2D eigenvalue weighted by Gasteiger charge is 2.31. The normalized spacial score (nSPS) is 19.7. The van der Waals surface area contributed by atoms with Crippen molar-refractivity contribution in [2.45, 2.75) is 83.4 Å². The number of piperidine rings is 1. The molecule has 0 spiro atoms. The summed E-state index contributed by atoms with van der Waals surface area (Å²) >= 11 is 0. The van der Waals surface area contributed by atoms with E-state index in [1.807, 2.05) is 65.2 Å². The van der Waals surface area contributed by atoms with Crippen molar-refractivity contribution in [3.8, 4) is 17.2 Å². The number of hydrogen-bond donors (Lipinski definition) is 3. The molecular formula is C43H55N9O6. The van der Waals surface area contributed by atoms with Crippen LogP contribution in [0, 0.1) is 0 Å². The van der Waals surface area contributed by atoms with Crippen LogP contribution in [0.25, 0.3) is 11.3 Å². The molecule has 15 nitrogen and oxygen atoms in total. The van der Waals surface area contributed by atoms with Crippen molar-refractivity contribution in [3.05, 3.63) is 89.7 Å². The number of pyridine rings is 1. The number of carboxylic acid groups (broad SMARTS) is 1. The van der Waals surface area contributed by atoms with Crippen LogP contribution in [0.2, 0.25) is 0 Å². The number of urea groups is 1. The number of anilines is 2. The molecule has 308 valence electrons. The molecule has 0 saturated carbocycles. The SMILES string of the molecule is C[C@H]1CCCCN1c1nnc2ccc(O[C@@H]3CC[C@H](NC(=O)Nc4cc(C(C)(C)C)nn4-c4cccc(OCCN5CCOCC5)c4)c4ccccc43)cn12.O=CO. The summed E-state index contributed by atoms with van der Waals surface area (Å²) in [5.41, 5.74) is 4.36. The zero-order valence-corrected chi connectivity index (χ0v) is 33.8. The van der Waals surface area contributed by atoms with Crippen LogP contribution < -0.4 is 25.0 Å². The molecule has 3 atom stereocenters. The van der Waals surface area contributed by atoms with Gasteiger partial charge in [0, 0.05) is 49.8 Å². The second kappa shape index (κ2) is 18.3. The summed E-state index contributed by atoms with van der Waals surface area (Å²) in [6, 6.07) is 21.9. The average Bonchev–Trinajstić information content (AvgIpc) is 3.85. The van der Waals surface area contributed by atoms with Crippen molar-refractivity contribution >= 4 is 29.9 Å². The molecule has 58 heavy (non-hydrogen) atoms. The largest absolute Gasteiger partial charge is 0.492 e. The Morgan fingerprint density at radius 3 is 2.52 bits per heavy atom. The van der Waals surface area contributed by atoms with Crippen LogP contribution in [0.4, 0.5) is 16.6 Å². The molecule has 0 unspecified atom stereocenters. The number of aromatic nitrogens is 5. The predicted octanol–water partition coefficient (Wildman–Crippen LogP) is 6.78. The fraction of sp³-hybridized carbons (Fsp3) is 0.465. The van der Waals surface area contributed by atoms with Crippen molar-refractivity contribution in [1.29, 1.82) is 0 Å². The van der Waals surface area contributed by atoms with Gasteiger partial charge < -0.3 is 29.5 Å². The Bertz CT molecular complexity index is 2160. The van der Waals surface area contributed by atoms with E-state index >= 15 is 0 Å². The molecule has 5 aromatic rings. The smallest absolute Gasteiger partial charge is 0.320 e. The van der Waals surface area contributed by atoms with E-state index in [1.165, 1.54) is 6.42 Å². The van der Waals surface area contributed by atoms with Gasteiger partial charge in [0.2, 0.25) is 5.95 Å². The molecule has 3 N–H and O–H groups in total. The maximum atomic E-state index is 13.8. The lowest BCUT2D eigenvalue weighted by Crippen LogP contribution is -2.38. The number of benzene rings is 2. The van der Waals surface area contributed by atoms with Gasteiger partial charge in [0.25, 0.3) is 6.47 Å². The third-order valence-electron chi connectivity index (χ3n) is 11.0. The summed E-state index contributed by atoms with van der Waals surface area (Å²) in [5.74, 6) is 2.96. The Morgan fingerprint density at radius 1 is 0.948 bits per heavy atom. The molecule has 0 radical (unpaired) electrons. The number of rotatable bonds is 10. The first-order valence-electron chi connectivity index (χ1n) is 20.3. The molecule has 15 heteroatoms. The van der Waals surface area contributed by atoms with Crippen LogP contribution in [-0.4, -0.2) is 98.9 Å². The second-order valence-electron chi connectivity index (χ2n) is 16.1. The third kappa shape index (κ3) is 9.54. The van der Waals surface area contributed by atoms with Gasteiger partial charge in [-0.05, 0) is 74.4 Å². The number of fused-ring (bicyclic) bond motifs is 2. The van der Waals surface area contributed by atoms with E-state index < -0.39 is 0 Å². The van der Waals surface area contributed by atoms with Crippen molar-refractivity contribution in [3.63, 3.8) is 0 Å². The van der Waals surface area contributed by atoms with Gasteiger partial charge in [-0.1, -0.05) is 51.1 Å². The minimum Gasteiger partial charge on any atom is -0.492 e. The topological polar surface area (TPSA) is 161 Å². The van der Waals surface area contributed by atoms with Crippen LogP contribution >= 0.6 is 0 Å². The summed E-state index contributed by atoms with van der Waals surface area (Å²) in [5, 5.41) is 27.2. The number of ether oxygens (including phenoxy) is 3. The zero-order chi connectivity index (χ0) is 40.6. The molecule has 3 aromatic heterocycles. The van der Waals surface area contributed by atoms with Gasteiger partial charge in [-0.3, -0.25) is 19.4 Å². The number of amides is 2. The van der Waals surface area contributed by atoms with E-state index in [4.69, 9.17) is 29.2 Å². The Kier molecular flexibility index (Phi) is 12.8. The molecule has 5 heterocycles. The molecule has 8 rings (SSSR count). The van der Waals surface area contributed by atoms with E-state index in [0.717, 1.165) is 111 Å². The van der Waals surface area contributed by atoms with Gasteiger partial charge in [0.15, 0.2) is 5.65 Å². The summed E-state index contributed by atoms with van der Waals surface area (Å²) in [6.07, 6.45) is 6.85. The first-order valence-corrected chi connectivity index (χ1v) is 20.3. The summed E-state index contributed by atoms with van der Waals surface area (Å²) < 4.78 is 22.1.